The molecule has 0 aromatic heterocycles. The van der Waals surface area contributed by atoms with Gasteiger partial charge in [-0.3, -0.25) is 4.79 Å². The van der Waals surface area contributed by atoms with Gasteiger partial charge in [-0.2, -0.15) is 0 Å². The van der Waals surface area contributed by atoms with Crippen molar-refractivity contribution < 1.29 is 23.0 Å². The Hall–Kier alpha value is -2.51. The maximum absolute atomic E-state index is 14.0. The number of carbonyl (C=O) groups is 1. The minimum absolute atomic E-state index is 0.0616. The molecule has 3 atom stereocenters. The van der Waals surface area contributed by atoms with Crippen LogP contribution in [0.4, 0.5) is 8.78 Å². The van der Waals surface area contributed by atoms with Crippen molar-refractivity contribution in [3.8, 4) is 5.75 Å². The summed E-state index contributed by atoms with van der Waals surface area (Å²) >= 11 is 0. The number of amides is 1. The Kier molecular flexibility index (Phi) is 6.83. The Morgan fingerprint density at radius 3 is 2.55 bits per heavy atom. The van der Waals surface area contributed by atoms with Gasteiger partial charge in [-0.1, -0.05) is 18.2 Å². The molecule has 0 spiro atoms. The summed E-state index contributed by atoms with van der Waals surface area (Å²) in [5, 5.41) is 3.39. The number of hydrogen-bond acceptors (Lipinski definition) is 4. The van der Waals surface area contributed by atoms with E-state index in [1.54, 1.807) is 7.11 Å². The highest BCUT2D eigenvalue weighted by Crippen LogP contribution is 2.41. The highest BCUT2D eigenvalue weighted by atomic mass is 19.1. The monoisotopic (exact) mass is 430 g/mol. The molecule has 1 aliphatic carbocycles. The number of ether oxygens (including phenoxy) is 2. The molecular weight excluding hydrogens is 402 g/mol. The molecule has 0 bridgehead atoms. The van der Waals surface area contributed by atoms with Crippen molar-refractivity contribution in [2.24, 2.45) is 5.92 Å². The third-order valence-electron chi connectivity index (χ3n) is 6.34. The Labute approximate surface area is 181 Å². The van der Waals surface area contributed by atoms with Gasteiger partial charge in [-0.25, -0.2) is 8.78 Å². The maximum atomic E-state index is 14.0. The highest BCUT2D eigenvalue weighted by Gasteiger charge is 2.41. The summed E-state index contributed by atoms with van der Waals surface area (Å²) in [6, 6.07) is 11.6. The van der Waals surface area contributed by atoms with Crippen LogP contribution in [0.25, 0.3) is 0 Å². The molecule has 31 heavy (non-hydrogen) atoms. The minimum atomic E-state index is -0.585. The first-order valence-corrected chi connectivity index (χ1v) is 10.7. The molecule has 1 saturated heterocycles. The molecule has 0 unspecified atom stereocenters. The van der Waals surface area contributed by atoms with Crippen molar-refractivity contribution in [1.29, 1.82) is 0 Å². The largest absolute Gasteiger partial charge is 0.497 e. The van der Waals surface area contributed by atoms with E-state index < -0.39 is 11.6 Å². The topological polar surface area (TPSA) is 50.8 Å². The van der Waals surface area contributed by atoms with E-state index in [2.05, 4.69) is 5.32 Å². The lowest BCUT2D eigenvalue weighted by Crippen LogP contribution is -2.44. The fourth-order valence-corrected chi connectivity index (χ4v) is 4.63. The summed E-state index contributed by atoms with van der Waals surface area (Å²) in [6.45, 7) is 2.66. The van der Waals surface area contributed by atoms with Gasteiger partial charge in [0.25, 0.3) is 0 Å². The lowest BCUT2D eigenvalue weighted by atomic mass is 9.88. The molecule has 2 aliphatic rings. The van der Waals surface area contributed by atoms with Crippen molar-refractivity contribution in [3.63, 3.8) is 0 Å². The van der Waals surface area contributed by atoms with Crippen LogP contribution >= 0.6 is 0 Å². The van der Waals surface area contributed by atoms with Gasteiger partial charge in [-0.05, 0) is 42.5 Å². The number of rotatable bonds is 6. The van der Waals surface area contributed by atoms with Crippen LogP contribution in [0.1, 0.15) is 29.9 Å². The van der Waals surface area contributed by atoms with Gasteiger partial charge in [-0.15, -0.1) is 0 Å². The highest BCUT2D eigenvalue weighted by molar-refractivity contribution is 5.80. The number of benzene rings is 2. The lowest BCUT2D eigenvalue weighted by Gasteiger charge is -2.31. The van der Waals surface area contributed by atoms with Crippen LogP contribution in [0.5, 0.6) is 5.75 Å². The van der Waals surface area contributed by atoms with Gasteiger partial charge in [0, 0.05) is 43.2 Å². The first-order chi connectivity index (χ1) is 15.0. The van der Waals surface area contributed by atoms with Crippen LogP contribution < -0.4 is 10.1 Å². The number of nitrogens with one attached hydrogen (secondary N) is 1. The van der Waals surface area contributed by atoms with E-state index in [0.717, 1.165) is 23.8 Å². The van der Waals surface area contributed by atoms with Crippen molar-refractivity contribution in [2.45, 2.75) is 31.3 Å². The molecule has 0 radical (unpaired) electrons. The Bertz CT molecular complexity index is 900. The maximum Gasteiger partial charge on any atom is 0.226 e. The van der Waals surface area contributed by atoms with E-state index in [1.165, 1.54) is 12.1 Å². The average molecular weight is 430 g/mol. The molecule has 5 nitrogen and oxygen atoms in total. The number of halogens is 2. The smallest absolute Gasteiger partial charge is 0.226 e. The molecule has 1 aliphatic heterocycles. The van der Waals surface area contributed by atoms with Gasteiger partial charge in [0.05, 0.1) is 20.3 Å². The van der Waals surface area contributed by atoms with Crippen molar-refractivity contribution >= 4 is 5.91 Å². The second-order valence-corrected chi connectivity index (χ2v) is 8.21. The van der Waals surface area contributed by atoms with Crippen LogP contribution in [0.2, 0.25) is 0 Å². The predicted octanol–water partition coefficient (Wildman–Crippen LogP) is 3.48. The Balaban J connectivity index is 1.49. The van der Waals surface area contributed by atoms with Crippen LogP contribution in [0.15, 0.2) is 42.5 Å². The van der Waals surface area contributed by atoms with Crippen LogP contribution in [-0.4, -0.2) is 50.3 Å². The molecular formula is C24H28F2N2O3. The number of carbonyl (C=O) groups excluding carboxylic acids is 1. The molecule has 2 fully saturated rings. The number of methoxy groups -OCH3 is 1. The van der Waals surface area contributed by atoms with Gasteiger partial charge < -0.3 is 19.7 Å². The third-order valence-corrected chi connectivity index (χ3v) is 6.34. The molecule has 2 aromatic rings. The van der Waals surface area contributed by atoms with Gasteiger partial charge >= 0.3 is 0 Å². The molecule has 7 heteroatoms. The summed E-state index contributed by atoms with van der Waals surface area (Å²) in [4.78, 5) is 15.2. The molecule has 2 aromatic carbocycles. The second-order valence-electron chi connectivity index (χ2n) is 8.21. The number of hydrogen-bond donors (Lipinski definition) is 1. The molecule has 166 valence electrons. The summed E-state index contributed by atoms with van der Waals surface area (Å²) in [5.41, 5.74) is 1.52. The second kappa shape index (κ2) is 9.75. The van der Waals surface area contributed by atoms with Crippen LogP contribution in [-0.2, 0) is 16.1 Å². The van der Waals surface area contributed by atoms with Gasteiger partial charge in [0.2, 0.25) is 5.91 Å². The van der Waals surface area contributed by atoms with Crippen LogP contribution in [0, 0.1) is 17.6 Å². The van der Waals surface area contributed by atoms with Crippen LogP contribution in [0.3, 0.4) is 0 Å². The van der Waals surface area contributed by atoms with Crippen molar-refractivity contribution in [2.75, 3.05) is 33.4 Å². The van der Waals surface area contributed by atoms with E-state index >= 15 is 0 Å². The van der Waals surface area contributed by atoms with E-state index in [9.17, 15) is 13.6 Å². The van der Waals surface area contributed by atoms with Gasteiger partial charge in [0.15, 0.2) is 0 Å². The summed E-state index contributed by atoms with van der Waals surface area (Å²) in [7, 11) is 1.63. The number of morpholine rings is 1. The van der Waals surface area contributed by atoms with E-state index in [4.69, 9.17) is 9.47 Å². The fourth-order valence-electron chi connectivity index (χ4n) is 4.63. The van der Waals surface area contributed by atoms with Gasteiger partial charge in [0.1, 0.15) is 17.4 Å². The zero-order valence-corrected chi connectivity index (χ0v) is 17.7. The zero-order chi connectivity index (χ0) is 21.8. The Morgan fingerprint density at radius 1 is 1.13 bits per heavy atom. The van der Waals surface area contributed by atoms with E-state index in [-0.39, 0.29) is 23.8 Å². The summed E-state index contributed by atoms with van der Waals surface area (Å²) < 4.78 is 37.9. The third kappa shape index (κ3) is 5.05. The van der Waals surface area contributed by atoms with E-state index in [0.29, 0.717) is 44.8 Å². The average Bonchev–Trinajstić information content (AvgIpc) is 3.23. The van der Waals surface area contributed by atoms with Crippen molar-refractivity contribution in [1.82, 2.24) is 10.2 Å². The fraction of sp³-hybridized carbons (Fsp3) is 0.458. The normalized spacial score (nSPS) is 23.7. The molecule has 1 amide bonds. The summed E-state index contributed by atoms with van der Waals surface area (Å²) in [5.74, 6) is -0.296. The first-order valence-electron chi connectivity index (χ1n) is 10.7. The zero-order valence-electron chi connectivity index (χ0n) is 17.7. The first kappa shape index (κ1) is 21.7. The Morgan fingerprint density at radius 2 is 1.87 bits per heavy atom. The summed E-state index contributed by atoms with van der Waals surface area (Å²) in [6.07, 6.45) is 1.45. The predicted molar refractivity (Wildman–Crippen MR) is 113 cm³/mol. The molecule has 1 N–H and O–H groups in total. The minimum Gasteiger partial charge on any atom is -0.497 e. The molecule has 4 rings (SSSR count). The lowest BCUT2D eigenvalue weighted by molar-refractivity contribution is -0.140. The standard InChI is InChI=1S/C24H28F2N2O3/c1-30-20-6-3-16(4-7-20)21-13-19(27-15-17-2-5-18(25)12-23(17)26)14-22(21)24(29)28-8-10-31-11-9-28/h2-7,12,19,21-22,27H,8-11,13-15H2,1H3/t19-,21+,22-/m0/s1. The SMILES string of the molecule is COc1ccc([C@H]2C[C@H](NCc3ccc(F)cc3F)C[C@@H]2C(=O)N2CCOCC2)cc1. The quantitative estimate of drug-likeness (QED) is 0.763. The molecule has 1 saturated carbocycles. The number of nitrogens with zero attached hydrogens (tertiary/aromatic N) is 1. The molecule has 1 heterocycles. The van der Waals surface area contributed by atoms with E-state index in [1.807, 2.05) is 29.2 Å². The van der Waals surface area contributed by atoms with Crippen molar-refractivity contribution in [3.05, 3.63) is 65.2 Å².